The minimum atomic E-state index is -3.37. The van der Waals surface area contributed by atoms with Gasteiger partial charge in [-0.2, -0.15) is 12.7 Å². The Morgan fingerprint density at radius 3 is 2.17 bits per heavy atom. The summed E-state index contributed by atoms with van der Waals surface area (Å²) in [6.07, 6.45) is 0.725. The normalized spacial score (nSPS) is 27.4. The van der Waals surface area contributed by atoms with Crippen LogP contribution in [0, 0.1) is 5.41 Å². The van der Waals surface area contributed by atoms with Crippen LogP contribution in [-0.2, 0) is 14.9 Å². The first kappa shape index (κ1) is 15.9. The molecule has 1 rings (SSSR count). The monoisotopic (exact) mass is 278 g/mol. The Kier molecular flexibility index (Phi) is 5.17. The quantitative estimate of drug-likeness (QED) is 0.845. The van der Waals surface area contributed by atoms with Crippen molar-refractivity contribution in [3.63, 3.8) is 0 Å². The average Bonchev–Trinajstić information content (AvgIpc) is 2.13. The molecule has 0 radical (unpaired) electrons. The van der Waals surface area contributed by atoms with E-state index >= 15 is 0 Å². The van der Waals surface area contributed by atoms with E-state index in [1.807, 2.05) is 13.8 Å². The van der Waals surface area contributed by atoms with Gasteiger partial charge in [-0.1, -0.05) is 20.8 Å². The van der Waals surface area contributed by atoms with Gasteiger partial charge in [0.05, 0.1) is 12.2 Å². The molecule has 1 aliphatic rings. The SMILES string of the molecule is CC1CN(S(=O)(=O)NCCC(C)(C)C)CC(C)O1. The maximum Gasteiger partial charge on any atom is 0.279 e. The molecule has 0 aromatic rings. The van der Waals surface area contributed by atoms with E-state index in [9.17, 15) is 8.42 Å². The molecule has 0 aliphatic carbocycles. The van der Waals surface area contributed by atoms with Crippen LogP contribution in [0.4, 0.5) is 0 Å². The lowest BCUT2D eigenvalue weighted by atomic mass is 9.93. The molecule has 0 aromatic heterocycles. The van der Waals surface area contributed by atoms with Crippen LogP contribution in [0.3, 0.4) is 0 Å². The Balaban J connectivity index is 2.52. The molecule has 1 N–H and O–H groups in total. The standard InChI is InChI=1S/C12H26N2O3S/c1-10-8-14(9-11(2)17-10)18(15,16)13-7-6-12(3,4)5/h10-11,13H,6-9H2,1-5H3. The van der Waals surface area contributed by atoms with Crippen molar-refractivity contribution < 1.29 is 13.2 Å². The van der Waals surface area contributed by atoms with Gasteiger partial charge in [-0.15, -0.1) is 0 Å². The smallest absolute Gasteiger partial charge is 0.279 e. The Bertz CT molecular complexity index is 352. The first-order valence-electron chi connectivity index (χ1n) is 6.50. The van der Waals surface area contributed by atoms with Crippen LogP contribution in [-0.4, -0.2) is 44.6 Å². The van der Waals surface area contributed by atoms with E-state index in [2.05, 4.69) is 25.5 Å². The highest BCUT2D eigenvalue weighted by Crippen LogP contribution is 2.18. The number of morpholine rings is 1. The van der Waals surface area contributed by atoms with Crippen molar-refractivity contribution in [2.24, 2.45) is 5.41 Å². The van der Waals surface area contributed by atoms with Gasteiger partial charge in [0.1, 0.15) is 0 Å². The molecule has 2 unspecified atom stereocenters. The van der Waals surface area contributed by atoms with Crippen LogP contribution in [0.25, 0.3) is 0 Å². The van der Waals surface area contributed by atoms with Crippen LogP contribution < -0.4 is 4.72 Å². The molecule has 0 saturated carbocycles. The topological polar surface area (TPSA) is 58.6 Å². The van der Waals surface area contributed by atoms with Gasteiger partial charge in [0, 0.05) is 19.6 Å². The minimum Gasteiger partial charge on any atom is -0.373 e. The first-order valence-corrected chi connectivity index (χ1v) is 7.94. The van der Waals surface area contributed by atoms with Gasteiger partial charge in [-0.3, -0.25) is 0 Å². The summed E-state index contributed by atoms with van der Waals surface area (Å²) >= 11 is 0. The van der Waals surface area contributed by atoms with Crippen molar-refractivity contribution in [2.75, 3.05) is 19.6 Å². The van der Waals surface area contributed by atoms with Crippen molar-refractivity contribution in [1.82, 2.24) is 9.03 Å². The zero-order valence-corrected chi connectivity index (χ0v) is 12.9. The third kappa shape index (κ3) is 5.22. The van der Waals surface area contributed by atoms with Crippen molar-refractivity contribution in [1.29, 1.82) is 0 Å². The predicted molar refractivity (Wildman–Crippen MR) is 72.6 cm³/mol. The minimum absolute atomic E-state index is 0.0482. The van der Waals surface area contributed by atoms with Crippen molar-refractivity contribution in [3.8, 4) is 0 Å². The predicted octanol–water partition coefficient (Wildman–Crippen LogP) is 1.37. The molecule has 5 nitrogen and oxygen atoms in total. The third-order valence-electron chi connectivity index (χ3n) is 2.89. The van der Waals surface area contributed by atoms with E-state index in [-0.39, 0.29) is 17.6 Å². The summed E-state index contributed by atoms with van der Waals surface area (Å²) in [5.41, 5.74) is 0.133. The average molecular weight is 278 g/mol. The number of ether oxygens (including phenoxy) is 1. The van der Waals surface area contributed by atoms with Gasteiger partial charge in [0.25, 0.3) is 10.2 Å². The molecule has 6 heteroatoms. The fourth-order valence-electron chi connectivity index (χ4n) is 1.97. The highest BCUT2D eigenvalue weighted by Gasteiger charge is 2.30. The summed E-state index contributed by atoms with van der Waals surface area (Å²) in [4.78, 5) is 0. The number of nitrogens with one attached hydrogen (secondary N) is 1. The third-order valence-corrected chi connectivity index (χ3v) is 4.43. The van der Waals surface area contributed by atoms with E-state index in [0.717, 1.165) is 6.42 Å². The van der Waals surface area contributed by atoms with Gasteiger partial charge < -0.3 is 4.74 Å². The molecule has 1 aliphatic heterocycles. The lowest BCUT2D eigenvalue weighted by Crippen LogP contribution is -2.52. The van der Waals surface area contributed by atoms with E-state index in [0.29, 0.717) is 19.6 Å². The van der Waals surface area contributed by atoms with E-state index < -0.39 is 10.2 Å². The largest absolute Gasteiger partial charge is 0.373 e. The Labute approximate surface area is 111 Å². The molecule has 0 bridgehead atoms. The molecule has 2 atom stereocenters. The summed E-state index contributed by atoms with van der Waals surface area (Å²) in [6.45, 7) is 11.4. The number of hydrogen-bond acceptors (Lipinski definition) is 3. The summed E-state index contributed by atoms with van der Waals surface area (Å²) in [6, 6.07) is 0. The molecule has 0 aromatic carbocycles. The summed E-state index contributed by atoms with van der Waals surface area (Å²) in [5.74, 6) is 0. The van der Waals surface area contributed by atoms with Crippen molar-refractivity contribution >= 4 is 10.2 Å². The summed E-state index contributed by atoms with van der Waals surface area (Å²) in [5, 5.41) is 0. The maximum absolute atomic E-state index is 12.1. The van der Waals surface area contributed by atoms with Gasteiger partial charge in [0.15, 0.2) is 0 Å². The summed E-state index contributed by atoms with van der Waals surface area (Å²) in [7, 11) is -3.37. The zero-order chi connectivity index (χ0) is 14.0. The lowest BCUT2D eigenvalue weighted by Gasteiger charge is -2.34. The molecule has 18 heavy (non-hydrogen) atoms. The molecule has 1 fully saturated rings. The number of hydrogen-bond donors (Lipinski definition) is 1. The molecule has 0 amide bonds. The van der Waals surface area contributed by atoms with Crippen molar-refractivity contribution in [3.05, 3.63) is 0 Å². The molecular weight excluding hydrogens is 252 g/mol. The first-order chi connectivity index (χ1) is 8.10. The fraction of sp³-hybridized carbons (Fsp3) is 1.00. The second-order valence-corrected chi connectivity index (χ2v) is 8.04. The maximum atomic E-state index is 12.1. The molecular formula is C12H26N2O3S. The van der Waals surface area contributed by atoms with Crippen LogP contribution >= 0.6 is 0 Å². The molecule has 0 spiro atoms. The highest BCUT2D eigenvalue weighted by molar-refractivity contribution is 7.87. The fourth-order valence-corrected chi connectivity index (χ4v) is 3.33. The Hall–Kier alpha value is -0.170. The lowest BCUT2D eigenvalue weighted by molar-refractivity contribution is -0.0444. The number of nitrogens with zero attached hydrogens (tertiary/aromatic N) is 1. The van der Waals surface area contributed by atoms with Crippen LogP contribution in [0.5, 0.6) is 0 Å². The second-order valence-electron chi connectivity index (χ2n) is 6.28. The van der Waals surface area contributed by atoms with E-state index in [4.69, 9.17) is 4.74 Å². The van der Waals surface area contributed by atoms with Gasteiger partial charge in [-0.05, 0) is 25.7 Å². The van der Waals surface area contributed by atoms with Crippen LogP contribution in [0.1, 0.15) is 41.0 Å². The van der Waals surface area contributed by atoms with E-state index in [1.54, 1.807) is 0 Å². The molecule has 108 valence electrons. The highest BCUT2D eigenvalue weighted by atomic mass is 32.2. The molecule has 1 heterocycles. The van der Waals surface area contributed by atoms with Gasteiger partial charge in [0.2, 0.25) is 0 Å². The second kappa shape index (κ2) is 5.86. The van der Waals surface area contributed by atoms with Crippen molar-refractivity contribution in [2.45, 2.75) is 53.2 Å². The van der Waals surface area contributed by atoms with E-state index in [1.165, 1.54) is 4.31 Å². The number of rotatable bonds is 4. The van der Waals surface area contributed by atoms with Gasteiger partial charge >= 0.3 is 0 Å². The summed E-state index contributed by atoms with van der Waals surface area (Å²) < 4.78 is 33.9. The Morgan fingerprint density at radius 1 is 1.22 bits per heavy atom. The Morgan fingerprint density at radius 2 is 1.72 bits per heavy atom. The zero-order valence-electron chi connectivity index (χ0n) is 12.1. The molecule has 1 saturated heterocycles. The van der Waals surface area contributed by atoms with Gasteiger partial charge in [-0.25, -0.2) is 4.72 Å². The van der Waals surface area contributed by atoms with Crippen LogP contribution in [0.2, 0.25) is 0 Å². The van der Waals surface area contributed by atoms with Crippen LogP contribution in [0.15, 0.2) is 0 Å².